The van der Waals surface area contributed by atoms with Crippen molar-refractivity contribution < 1.29 is 4.74 Å². The van der Waals surface area contributed by atoms with Crippen molar-refractivity contribution >= 4 is 0 Å². The molecule has 0 aromatic rings. The maximum Gasteiger partial charge on any atom is 0.0944 e. The molecule has 0 aliphatic carbocycles. The second-order valence-corrected chi connectivity index (χ2v) is 8.52. The van der Waals surface area contributed by atoms with Crippen LogP contribution in [-0.2, 0) is 4.74 Å². The SMILES string of the molecule is C#CC/C=C1/NC=C(C2CCCN(C)CCC2)C1(C)/C=C\CNC(=C)/C=C(\C)OC. The summed E-state index contributed by atoms with van der Waals surface area (Å²) in [7, 11) is 3.90. The van der Waals surface area contributed by atoms with E-state index in [0.29, 0.717) is 18.9 Å². The molecule has 2 heterocycles. The Hall–Kier alpha value is -2.38. The molecule has 0 amide bonds. The van der Waals surface area contributed by atoms with E-state index in [1.807, 2.05) is 13.0 Å². The van der Waals surface area contributed by atoms with Gasteiger partial charge in [0, 0.05) is 36.0 Å². The number of nitrogens with one attached hydrogen (secondary N) is 2. The predicted molar refractivity (Wildman–Crippen MR) is 127 cm³/mol. The smallest absolute Gasteiger partial charge is 0.0944 e. The van der Waals surface area contributed by atoms with Gasteiger partial charge in [-0.25, -0.2) is 0 Å². The van der Waals surface area contributed by atoms with E-state index in [4.69, 9.17) is 11.2 Å². The molecule has 2 N–H and O–H groups in total. The van der Waals surface area contributed by atoms with E-state index in [2.05, 4.69) is 66.4 Å². The Bertz CT molecular complexity index is 743. The van der Waals surface area contributed by atoms with Crippen LogP contribution in [0.2, 0.25) is 0 Å². The number of hydrogen-bond acceptors (Lipinski definition) is 4. The van der Waals surface area contributed by atoms with E-state index in [1.54, 1.807) is 7.11 Å². The van der Waals surface area contributed by atoms with Crippen molar-refractivity contribution in [2.24, 2.45) is 11.3 Å². The maximum atomic E-state index is 5.53. The second kappa shape index (κ2) is 11.7. The van der Waals surface area contributed by atoms with Crippen LogP contribution in [0.1, 0.15) is 46.0 Å². The van der Waals surface area contributed by atoms with Crippen molar-refractivity contribution in [3.05, 3.63) is 59.8 Å². The zero-order valence-electron chi connectivity index (χ0n) is 19.3. The number of allylic oxidation sites excluding steroid dienone is 4. The Labute approximate surface area is 183 Å². The van der Waals surface area contributed by atoms with Crippen molar-refractivity contribution in [2.75, 3.05) is 33.8 Å². The van der Waals surface area contributed by atoms with Gasteiger partial charge in [-0.1, -0.05) is 24.8 Å². The van der Waals surface area contributed by atoms with Gasteiger partial charge < -0.3 is 20.3 Å². The minimum absolute atomic E-state index is 0.145. The zero-order chi connectivity index (χ0) is 22.0. The fourth-order valence-electron chi connectivity index (χ4n) is 4.39. The molecule has 4 heteroatoms. The molecule has 0 aromatic carbocycles. The molecule has 4 nitrogen and oxygen atoms in total. The van der Waals surface area contributed by atoms with Crippen LogP contribution in [0.5, 0.6) is 0 Å². The lowest BCUT2D eigenvalue weighted by atomic mass is 9.72. The van der Waals surface area contributed by atoms with Crippen molar-refractivity contribution in [3.8, 4) is 12.3 Å². The van der Waals surface area contributed by atoms with Gasteiger partial charge in [-0.05, 0) is 77.2 Å². The molecule has 2 rings (SSSR count). The first-order valence-corrected chi connectivity index (χ1v) is 11.0. The molecule has 1 unspecified atom stereocenters. The van der Waals surface area contributed by atoms with E-state index in [9.17, 15) is 0 Å². The first-order chi connectivity index (χ1) is 14.4. The number of methoxy groups -OCH3 is 1. The molecule has 1 saturated heterocycles. The highest BCUT2D eigenvalue weighted by molar-refractivity contribution is 5.42. The molecule has 1 fully saturated rings. The van der Waals surface area contributed by atoms with Gasteiger partial charge in [0.15, 0.2) is 0 Å². The Morgan fingerprint density at radius 2 is 2.13 bits per heavy atom. The zero-order valence-corrected chi connectivity index (χ0v) is 19.3. The van der Waals surface area contributed by atoms with Crippen molar-refractivity contribution in [1.82, 2.24) is 15.5 Å². The second-order valence-electron chi connectivity index (χ2n) is 8.52. The highest BCUT2D eigenvalue weighted by atomic mass is 16.5. The summed E-state index contributed by atoms with van der Waals surface area (Å²) in [5.41, 5.74) is 3.38. The Balaban J connectivity index is 2.13. The van der Waals surface area contributed by atoms with E-state index < -0.39 is 0 Å². The highest BCUT2D eigenvalue weighted by Crippen LogP contribution is 2.46. The molecule has 0 radical (unpaired) electrons. The third-order valence-electron chi connectivity index (χ3n) is 6.19. The van der Waals surface area contributed by atoms with Crippen molar-refractivity contribution in [3.63, 3.8) is 0 Å². The van der Waals surface area contributed by atoms with Gasteiger partial charge in [0.2, 0.25) is 0 Å². The lowest BCUT2D eigenvalue weighted by Crippen LogP contribution is -2.28. The lowest BCUT2D eigenvalue weighted by Gasteiger charge is -2.33. The summed E-state index contributed by atoms with van der Waals surface area (Å²) in [6.07, 6.45) is 21.9. The number of rotatable bonds is 8. The van der Waals surface area contributed by atoms with Crippen LogP contribution in [-0.4, -0.2) is 38.7 Å². The lowest BCUT2D eigenvalue weighted by molar-refractivity contribution is 0.269. The molecular formula is C26H39N3O. The van der Waals surface area contributed by atoms with Gasteiger partial charge in [0.05, 0.1) is 12.9 Å². The first-order valence-electron chi connectivity index (χ1n) is 11.0. The van der Waals surface area contributed by atoms with Crippen LogP contribution in [0, 0.1) is 23.7 Å². The summed E-state index contributed by atoms with van der Waals surface area (Å²) in [6.45, 7) is 11.3. The van der Waals surface area contributed by atoms with Gasteiger partial charge in [-0.2, -0.15) is 0 Å². The average molecular weight is 410 g/mol. The van der Waals surface area contributed by atoms with Crippen LogP contribution >= 0.6 is 0 Å². The molecular weight excluding hydrogens is 370 g/mol. The highest BCUT2D eigenvalue weighted by Gasteiger charge is 2.38. The minimum atomic E-state index is -0.145. The van der Waals surface area contributed by atoms with Gasteiger partial charge in [0.25, 0.3) is 0 Å². The molecule has 0 aromatic heterocycles. The van der Waals surface area contributed by atoms with E-state index >= 15 is 0 Å². The number of ether oxygens (including phenoxy) is 1. The quantitative estimate of drug-likeness (QED) is 0.263. The summed E-state index contributed by atoms with van der Waals surface area (Å²) in [4.78, 5) is 2.45. The monoisotopic (exact) mass is 409 g/mol. The number of nitrogens with zero attached hydrogens (tertiary/aromatic N) is 1. The van der Waals surface area contributed by atoms with E-state index in [-0.39, 0.29) is 5.41 Å². The minimum Gasteiger partial charge on any atom is -0.501 e. The summed E-state index contributed by atoms with van der Waals surface area (Å²) in [6, 6.07) is 0. The van der Waals surface area contributed by atoms with Crippen molar-refractivity contribution in [2.45, 2.75) is 46.0 Å². The van der Waals surface area contributed by atoms with Crippen LogP contribution < -0.4 is 10.6 Å². The van der Waals surface area contributed by atoms with Crippen LogP contribution in [0.4, 0.5) is 0 Å². The van der Waals surface area contributed by atoms with Gasteiger partial charge in [0.1, 0.15) is 0 Å². The standard InChI is InChI=1S/C26H39N3O/c1-7-8-14-25-26(4,15-11-16-27-21(2)19-22(3)30-6)24(20-28-25)23-12-9-17-29(5)18-10-13-23/h1,11,14-15,19-20,23,27-28H,2,8-10,12-13,16-18H2,3-6H3/b15-11-,22-19+,25-14+. The Morgan fingerprint density at radius 1 is 1.43 bits per heavy atom. The third kappa shape index (κ3) is 6.57. The molecule has 164 valence electrons. The molecule has 0 bridgehead atoms. The van der Waals surface area contributed by atoms with Crippen LogP contribution in [0.15, 0.2) is 59.8 Å². The molecule has 0 saturated carbocycles. The van der Waals surface area contributed by atoms with Crippen LogP contribution in [0.25, 0.3) is 0 Å². The molecule has 30 heavy (non-hydrogen) atoms. The number of likely N-dealkylation sites (tertiary alicyclic amines) is 1. The van der Waals surface area contributed by atoms with E-state index in [0.717, 1.165) is 11.5 Å². The van der Waals surface area contributed by atoms with Crippen LogP contribution in [0.3, 0.4) is 0 Å². The van der Waals surface area contributed by atoms with Crippen molar-refractivity contribution in [1.29, 1.82) is 0 Å². The van der Waals surface area contributed by atoms with Gasteiger partial charge in [-0.15, -0.1) is 12.3 Å². The molecule has 1 atom stereocenters. The fraction of sp³-hybridized carbons (Fsp3) is 0.538. The fourth-order valence-corrected chi connectivity index (χ4v) is 4.39. The predicted octanol–water partition coefficient (Wildman–Crippen LogP) is 4.72. The number of terminal acetylenes is 1. The van der Waals surface area contributed by atoms with Gasteiger partial charge in [-0.3, -0.25) is 0 Å². The molecule has 0 spiro atoms. The normalized spacial score (nSPS) is 25.4. The first kappa shape index (κ1) is 23.9. The summed E-state index contributed by atoms with van der Waals surface area (Å²) in [5.74, 6) is 4.18. The Morgan fingerprint density at radius 3 is 2.77 bits per heavy atom. The average Bonchev–Trinajstić information content (AvgIpc) is 3.02. The summed E-state index contributed by atoms with van der Waals surface area (Å²) < 4.78 is 5.18. The maximum absolute atomic E-state index is 5.53. The largest absolute Gasteiger partial charge is 0.501 e. The topological polar surface area (TPSA) is 36.5 Å². The number of hydrogen-bond donors (Lipinski definition) is 2. The third-order valence-corrected chi connectivity index (χ3v) is 6.19. The molecule has 2 aliphatic heterocycles. The molecule has 2 aliphatic rings. The summed E-state index contributed by atoms with van der Waals surface area (Å²) >= 11 is 0. The van der Waals surface area contributed by atoms with Gasteiger partial charge >= 0.3 is 0 Å². The van der Waals surface area contributed by atoms with E-state index in [1.165, 1.54) is 50.0 Å². The summed E-state index contributed by atoms with van der Waals surface area (Å²) in [5, 5.41) is 6.87. The Kier molecular flexibility index (Phi) is 9.33.